The van der Waals surface area contributed by atoms with E-state index in [9.17, 15) is 9.90 Å². The second-order valence-corrected chi connectivity index (χ2v) is 7.52. The lowest BCUT2D eigenvalue weighted by atomic mass is 9.81. The molecule has 0 aliphatic carbocycles. The van der Waals surface area contributed by atoms with Gasteiger partial charge in [0.05, 0.1) is 0 Å². The first-order chi connectivity index (χ1) is 12.5. The van der Waals surface area contributed by atoms with Crippen molar-refractivity contribution in [3.05, 3.63) is 29.8 Å². The van der Waals surface area contributed by atoms with Crippen LogP contribution in [0.2, 0.25) is 0 Å². The zero-order chi connectivity index (χ0) is 19.4. The number of esters is 1. The number of ether oxygens (including phenoxy) is 1. The number of phenolic OH excluding ortho intramolecular Hbond substituents is 1. The maximum Gasteiger partial charge on any atom is 0.342 e. The molecule has 3 nitrogen and oxygen atoms in total. The fourth-order valence-electron chi connectivity index (χ4n) is 3.65. The van der Waals surface area contributed by atoms with Crippen molar-refractivity contribution in [2.24, 2.45) is 5.92 Å². The molecule has 2 atom stereocenters. The molecule has 0 fully saturated rings. The van der Waals surface area contributed by atoms with Crippen LogP contribution in [0.5, 0.6) is 5.75 Å². The van der Waals surface area contributed by atoms with Gasteiger partial charge in [-0.25, -0.2) is 4.79 Å². The van der Waals surface area contributed by atoms with E-state index in [0.717, 1.165) is 44.9 Å². The van der Waals surface area contributed by atoms with E-state index in [-0.39, 0.29) is 11.3 Å². The number of phenols is 1. The van der Waals surface area contributed by atoms with Gasteiger partial charge in [-0.2, -0.15) is 0 Å². The zero-order valence-corrected chi connectivity index (χ0v) is 17.2. The van der Waals surface area contributed by atoms with Crippen molar-refractivity contribution in [2.45, 2.75) is 97.5 Å². The van der Waals surface area contributed by atoms with E-state index in [4.69, 9.17) is 4.74 Å². The summed E-state index contributed by atoms with van der Waals surface area (Å²) in [5, 5.41) is 10.0. The van der Waals surface area contributed by atoms with E-state index < -0.39 is 11.6 Å². The predicted molar refractivity (Wildman–Crippen MR) is 109 cm³/mol. The van der Waals surface area contributed by atoms with Crippen LogP contribution in [0.3, 0.4) is 0 Å². The van der Waals surface area contributed by atoms with Gasteiger partial charge in [0, 0.05) is 0 Å². The molecule has 26 heavy (non-hydrogen) atoms. The minimum absolute atomic E-state index is 0.00548. The Hall–Kier alpha value is -1.51. The monoisotopic (exact) mass is 362 g/mol. The first-order valence-electron chi connectivity index (χ1n) is 10.5. The molecule has 0 spiro atoms. The molecule has 0 aliphatic heterocycles. The molecule has 3 heteroatoms. The van der Waals surface area contributed by atoms with Gasteiger partial charge < -0.3 is 9.84 Å². The fraction of sp³-hybridized carbons (Fsp3) is 0.696. The third-order valence-electron chi connectivity index (χ3n) is 5.52. The molecule has 0 bridgehead atoms. The van der Waals surface area contributed by atoms with Gasteiger partial charge in [0.25, 0.3) is 0 Å². The molecule has 0 aliphatic rings. The lowest BCUT2D eigenvalue weighted by Crippen LogP contribution is -2.37. The summed E-state index contributed by atoms with van der Waals surface area (Å²) in [6.07, 6.45) is 10.7. The van der Waals surface area contributed by atoms with Gasteiger partial charge in [0.1, 0.15) is 16.9 Å². The number of carbonyl (C=O) groups is 1. The van der Waals surface area contributed by atoms with Crippen LogP contribution >= 0.6 is 0 Å². The van der Waals surface area contributed by atoms with Gasteiger partial charge in [-0.15, -0.1) is 0 Å². The summed E-state index contributed by atoms with van der Waals surface area (Å²) >= 11 is 0. The van der Waals surface area contributed by atoms with Crippen molar-refractivity contribution in [3.8, 4) is 5.75 Å². The third-order valence-corrected chi connectivity index (χ3v) is 5.52. The molecule has 0 aromatic heterocycles. The van der Waals surface area contributed by atoms with Gasteiger partial charge in [0.15, 0.2) is 0 Å². The van der Waals surface area contributed by atoms with E-state index in [2.05, 4.69) is 27.7 Å². The SMILES string of the molecule is CCCCCC(CC)(CC(CC)CCCC)OC(=O)c1ccccc1O. The highest BCUT2D eigenvalue weighted by atomic mass is 16.6. The van der Waals surface area contributed by atoms with Crippen LogP contribution in [0, 0.1) is 5.92 Å². The van der Waals surface area contributed by atoms with Crippen molar-refractivity contribution < 1.29 is 14.6 Å². The number of para-hydroxylation sites is 1. The maximum absolute atomic E-state index is 12.8. The Morgan fingerprint density at radius 1 is 1.08 bits per heavy atom. The Bertz CT molecular complexity index is 526. The Kier molecular flexibility index (Phi) is 10.4. The van der Waals surface area contributed by atoms with Gasteiger partial charge >= 0.3 is 5.97 Å². The number of benzene rings is 1. The Morgan fingerprint density at radius 3 is 2.35 bits per heavy atom. The zero-order valence-electron chi connectivity index (χ0n) is 17.2. The van der Waals surface area contributed by atoms with Crippen LogP contribution in [0.4, 0.5) is 0 Å². The second kappa shape index (κ2) is 12.0. The third kappa shape index (κ3) is 7.01. The molecule has 1 aromatic carbocycles. The second-order valence-electron chi connectivity index (χ2n) is 7.52. The molecule has 0 heterocycles. The van der Waals surface area contributed by atoms with Crippen molar-refractivity contribution in [2.75, 3.05) is 0 Å². The Balaban J connectivity index is 2.97. The molecular formula is C23H38O3. The number of hydrogen-bond acceptors (Lipinski definition) is 3. The molecule has 0 radical (unpaired) electrons. The molecule has 0 amide bonds. The van der Waals surface area contributed by atoms with Crippen molar-refractivity contribution in [1.29, 1.82) is 0 Å². The summed E-state index contributed by atoms with van der Waals surface area (Å²) < 4.78 is 6.11. The maximum atomic E-state index is 12.8. The van der Waals surface area contributed by atoms with E-state index >= 15 is 0 Å². The minimum atomic E-state index is -0.428. The quantitative estimate of drug-likeness (QED) is 0.307. The summed E-state index contributed by atoms with van der Waals surface area (Å²) in [6, 6.07) is 6.66. The van der Waals surface area contributed by atoms with Crippen molar-refractivity contribution >= 4 is 5.97 Å². The number of unbranched alkanes of at least 4 members (excludes halogenated alkanes) is 3. The van der Waals surface area contributed by atoms with Crippen LogP contribution in [-0.2, 0) is 4.74 Å². The van der Waals surface area contributed by atoms with E-state index in [1.807, 2.05) is 0 Å². The Labute approximate surface area is 160 Å². The summed E-state index contributed by atoms with van der Waals surface area (Å²) in [7, 11) is 0. The first-order valence-corrected chi connectivity index (χ1v) is 10.5. The average Bonchev–Trinajstić information content (AvgIpc) is 2.65. The largest absolute Gasteiger partial charge is 0.507 e. The molecule has 1 N–H and O–H groups in total. The Morgan fingerprint density at radius 2 is 1.77 bits per heavy atom. The summed E-state index contributed by atoms with van der Waals surface area (Å²) in [5.41, 5.74) is -0.161. The highest BCUT2D eigenvalue weighted by Crippen LogP contribution is 2.35. The number of hydrogen-bond donors (Lipinski definition) is 1. The number of carbonyl (C=O) groups excluding carboxylic acids is 1. The smallest absolute Gasteiger partial charge is 0.342 e. The predicted octanol–water partition coefficient (Wildman–Crippen LogP) is 6.88. The topological polar surface area (TPSA) is 46.5 Å². The molecule has 1 rings (SSSR count). The van der Waals surface area contributed by atoms with Crippen molar-refractivity contribution in [1.82, 2.24) is 0 Å². The molecule has 148 valence electrons. The summed E-state index contributed by atoms with van der Waals surface area (Å²) in [6.45, 7) is 8.77. The van der Waals surface area contributed by atoms with Gasteiger partial charge in [-0.1, -0.05) is 78.4 Å². The molecular weight excluding hydrogens is 324 g/mol. The van der Waals surface area contributed by atoms with Crippen LogP contribution < -0.4 is 0 Å². The summed E-state index contributed by atoms with van der Waals surface area (Å²) in [4.78, 5) is 12.8. The normalized spacial score (nSPS) is 14.6. The molecule has 2 unspecified atom stereocenters. The minimum Gasteiger partial charge on any atom is -0.507 e. The van der Waals surface area contributed by atoms with Gasteiger partial charge in [-0.05, 0) is 43.7 Å². The number of aromatic hydroxyl groups is 1. The highest BCUT2D eigenvalue weighted by Gasteiger charge is 2.35. The van der Waals surface area contributed by atoms with Gasteiger partial charge in [-0.3, -0.25) is 0 Å². The lowest BCUT2D eigenvalue weighted by Gasteiger charge is -2.36. The van der Waals surface area contributed by atoms with E-state index in [1.54, 1.807) is 18.2 Å². The van der Waals surface area contributed by atoms with Crippen molar-refractivity contribution in [3.63, 3.8) is 0 Å². The van der Waals surface area contributed by atoms with Crippen LogP contribution in [0.1, 0.15) is 102 Å². The van der Waals surface area contributed by atoms with Gasteiger partial charge in [0.2, 0.25) is 0 Å². The van der Waals surface area contributed by atoms with Crippen LogP contribution in [0.25, 0.3) is 0 Å². The van der Waals surface area contributed by atoms with Crippen LogP contribution in [-0.4, -0.2) is 16.7 Å². The molecule has 1 aromatic rings. The highest BCUT2D eigenvalue weighted by molar-refractivity contribution is 5.92. The molecule has 0 saturated heterocycles. The van der Waals surface area contributed by atoms with Crippen LogP contribution in [0.15, 0.2) is 24.3 Å². The number of rotatable bonds is 13. The summed E-state index contributed by atoms with van der Waals surface area (Å²) in [5.74, 6) is 0.176. The lowest BCUT2D eigenvalue weighted by molar-refractivity contribution is -0.0403. The van der Waals surface area contributed by atoms with E-state index in [0.29, 0.717) is 5.92 Å². The first kappa shape index (κ1) is 22.5. The standard InChI is InChI=1S/C23H38O3/c1-5-9-13-17-23(8-4,18-19(7-3)14-10-6-2)26-22(25)20-15-11-12-16-21(20)24/h11-12,15-16,19,24H,5-10,13-14,17-18H2,1-4H3. The molecule has 0 saturated carbocycles. The fourth-order valence-corrected chi connectivity index (χ4v) is 3.65. The van der Waals surface area contributed by atoms with E-state index in [1.165, 1.54) is 25.3 Å². The average molecular weight is 363 g/mol.